The fraction of sp³-hybridized carbons (Fsp3) is 0.611. The molecular weight excluding hydrogens is 387 g/mol. The summed E-state index contributed by atoms with van der Waals surface area (Å²) < 4.78 is 42.1. The van der Waals surface area contributed by atoms with Crippen molar-refractivity contribution in [2.24, 2.45) is 10.9 Å². The van der Waals surface area contributed by atoms with Crippen molar-refractivity contribution in [1.82, 2.24) is 25.3 Å². The number of aryl methyl sites for hydroxylation is 1. The van der Waals surface area contributed by atoms with Crippen LogP contribution in [-0.2, 0) is 10.3 Å². The molecule has 2 aliphatic rings. The van der Waals surface area contributed by atoms with Gasteiger partial charge in [0.1, 0.15) is 11.7 Å². The molecule has 1 unspecified atom stereocenters. The summed E-state index contributed by atoms with van der Waals surface area (Å²) in [5.41, 5.74) is -0.204. The molecule has 0 aromatic carbocycles. The summed E-state index contributed by atoms with van der Waals surface area (Å²) in [7, 11) is 1.43. The van der Waals surface area contributed by atoms with Gasteiger partial charge < -0.3 is 10.6 Å². The molecule has 1 fully saturated rings. The van der Waals surface area contributed by atoms with E-state index >= 15 is 0 Å². The van der Waals surface area contributed by atoms with Crippen molar-refractivity contribution in [2.75, 3.05) is 18.9 Å². The van der Waals surface area contributed by atoms with Crippen molar-refractivity contribution in [1.29, 1.82) is 0 Å². The number of alkyl halides is 3. The second-order valence-electron chi connectivity index (χ2n) is 7.78. The molecule has 0 radical (unpaired) electrons. The maximum atomic E-state index is 13.5. The third kappa shape index (κ3) is 4.55. The van der Waals surface area contributed by atoms with E-state index < -0.39 is 18.0 Å². The molecule has 1 amide bonds. The SMILES string of the molecule is CNC1C=CN=C(Nc2cn(C(C)(C)C(=O)NCC3CC3)nc2C)N1C(F)(F)F. The summed E-state index contributed by atoms with van der Waals surface area (Å²) >= 11 is 0. The van der Waals surface area contributed by atoms with Gasteiger partial charge in [-0.05, 0) is 52.7 Å². The first-order valence-corrected chi connectivity index (χ1v) is 9.44. The van der Waals surface area contributed by atoms with Crippen LogP contribution in [-0.4, -0.2) is 52.6 Å². The molecule has 29 heavy (non-hydrogen) atoms. The third-order valence-electron chi connectivity index (χ3n) is 5.06. The zero-order chi connectivity index (χ0) is 21.4. The minimum Gasteiger partial charge on any atom is -0.354 e. The number of hydrogen-bond donors (Lipinski definition) is 3. The lowest BCUT2D eigenvalue weighted by Gasteiger charge is -2.35. The van der Waals surface area contributed by atoms with Crippen LogP contribution in [0.25, 0.3) is 0 Å². The highest BCUT2D eigenvalue weighted by atomic mass is 19.4. The zero-order valence-electron chi connectivity index (χ0n) is 16.8. The maximum Gasteiger partial charge on any atom is 0.488 e. The zero-order valence-corrected chi connectivity index (χ0v) is 16.8. The Balaban J connectivity index is 1.79. The highest BCUT2D eigenvalue weighted by Gasteiger charge is 2.44. The van der Waals surface area contributed by atoms with Gasteiger partial charge in [-0.15, -0.1) is 13.2 Å². The third-order valence-corrected chi connectivity index (χ3v) is 5.06. The van der Waals surface area contributed by atoms with E-state index in [-0.39, 0.29) is 16.8 Å². The molecule has 0 bridgehead atoms. The maximum absolute atomic E-state index is 13.5. The van der Waals surface area contributed by atoms with Gasteiger partial charge in [0.05, 0.1) is 17.6 Å². The number of likely N-dealkylation sites (N-methyl/N-ethyl adjacent to an activating group) is 1. The Bertz CT molecular complexity index is 824. The standard InChI is InChI=1S/C18H26F3N7O/c1-11-13(25-16-23-8-7-14(22-4)28(16)18(19,20)21)10-27(26-11)17(2,3)15(29)24-9-12-5-6-12/h7-8,10,12,14,22H,5-6,9H2,1-4H3,(H,23,25)(H,24,29). The number of guanidine groups is 1. The second-order valence-corrected chi connectivity index (χ2v) is 7.78. The fourth-order valence-corrected chi connectivity index (χ4v) is 2.94. The molecule has 1 aromatic heterocycles. The number of aliphatic imine (C=N–C) groups is 1. The Morgan fingerprint density at radius 1 is 1.31 bits per heavy atom. The first-order valence-electron chi connectivity index (χ1n) is 9.44. The number of rotatable bonds is 6. The molecule has 1 saturated carbocycles. The van der Waals surface area contributed by atoms with E-state index in [9.17, 15) is 18.0 Å². The van der Waals surface area contributed by atoms with Crippen LogP contribution in [0, 0.1) is 12.8 Å². The second kappa shape index (κ2) is 7.69. The lowest BCUT2D eigenvalue weighted by atomic mass is 10.1. The predicted molar refractivity (Wildman–Crippen MR) is 103 cm³/mol. The number of carbonyl (C=O) groups excluding carboxylic acids is 1. The highest BCUT2D eigenvalue weighted by Crippen LogP contribution is 2.29. The van der Waals surface area contributed by atoms with Crippen LogP contribution in [0.5, 0.6) is 0 Å². The number of amides is 1. The monoisotopic (exact) mass is 413 g/mol. The Kier molecular flexibility index (Phi) is 5.61. The molecule has 8 nitrogen and oxygen atoms in total. The van der Waals surface area contributed by atoms with Crippen LogP contribution in [0.15, 0.2) is 23.5 Å². The van der Waals surface area contributed by atoms with E-state index in [1.54, 1.807) is 20.8 Å². The van der Waals surface area contributed by atoms with Gasteiger partial charge in [-0.25, -0.2) is 9.89 Å². The van der Waals surface area contributed by atoms with Gasteiger partial charge in [0.15, 0.2) is 0 Å². The minimum absolute atomic E-state index is 0.191. The van der Waals surface area contributed by atoms with E-state index in [0.717, 1.165) is 12.8 Å². The van der Waals surface area contributed by atoms with Gasteiger partial charge in [-0.2, -0.15) is 5.10 Å². The van der Waals surface area contributed by atoms with E-state index in [1.807, 2.05) is 0 Å². The van der Waals surface area contributed by atoms with E-state index in [0.29, 0.717) is 23.8 Å². The number of hydrogen-bond acceptors (Lipinski definition) is 6. The normalized spacial score (nSPS) is 19.9. The van der Waals surface area contributed by atoms with Crippen molar-refractivity contribution in [3.05, 3.63) is 24.2 Å². The van der Waals surface area contributed by atoms with Gasteiger partial charge >= 0.3 is 6.30 Å². The number of nitrogens with one attached hydrogen (secondary N) is 3. The van der Waals surface area contributed by atoms with Gasteiger partial charge in [0.25, 0.3) is 0 Å². The molecule has 1 aromatic rings. The number of halogens is 3. The molecule has 0 spiro atoms. The molecule has 1 atom stereocenters. The number of nitrogens with zero attached hydrogens (tertiary/aromatic N) is 4. The van der Waals surface area contributed by atoms with Gasteiger partial charge in [0, 0.05) is 12.7 Å². The first-order chi connectivity index (χ1) is 13.5. The lowest BCUT2D eigenvalue weighted by Crippen LogP contribution is -2.56. The average molecular weight is 413 g/mol. The van der Waals surface area contributed by atoms with Crippen molar-refractivity contribution in [2.45, 2.75) is 51.6 Å². The van der Waals surface area contributed by atoms with Crippen molar-refractivity contribution >= 4 is 17.6 Å². The summed E-state index contributed by atoms with van der Waals surface area (Å²) in [5.74, 6) is -0.0290. The molecule has 2 heterocycles. The summed E-state index contributed by atoms with van der Waals surface area (Å²) in [6, 6.07) is 0. The van der Waals surface area contributed by atoms with Gasteiger partial charge in [-0.3, -0.25) is 14.8 Å². The summed E-state index contributed by atoms with van der Waals surface area (Å²) in [6.07, 6.45) is 0.648. The number of anilines is 1. The summed E-state index contributed by atoms with van der Waals surface area (Å²) in [5, 5.41) is 12.6. The van der Waals surface area contributed by atoms with Crippen LogP contribution in [0.1, 0.15) is 32.4 Å². The van der Waals surface area contributed by atoms with Crippen LogP contribution in [0.4, 0.5) is 18.9 Å². The molecule has 1 aliphatic carbocycles. The van der Waals surface area contributed by atoms with E-state index in [1.165, 1.54) is 30.2 Å². The van der Waals surface area contributed by atoms with Crippen LogP contribution >= 0.6 is 0 Å². The van der Waals surface area contributed by atoms with Crippen molar-refractivity contribution < 1.29 is 18.0 Å². The Morgan fingerprint density at radius 3 is 2.59 bits per heavy atom. The molecular formula is C18H26F3N7O. The largest absolute Gasteiger partial charge is 0.488 e. The molecule has 3 N–H and O–H groups in total. The lowest BCUT2D eigenvalue weighted by molar-refractivity contribution is -0.227. The van der Waals surface area contributed by atoms with Crippen LogP contribution in [0.2, 0.25) is 0 Å². The fourth-order valence-electron chi connectivity index (χ4n) is 2.94. The quantitative estimate of drug-likeness (QED) is 0.622. The Labute approximate surface area is 167 Å². The predicted octanol–water partition coefficient (Wildman–Crippen LogP) is 2.12. The van der Waals surface area contributed by atoms with Gasteiger partial charge in [-0.1, -0.05) is 0 Å². The first kappa shape index (κ1) is 21.2. The molecule has 0 saturated heterocycles. The van der Waals surface area contributed by atoms with Crippen LogP contribution < -0.4 is 16.0 Å². The number of carbonyl (C=O) groups is 1. The molecule has 160 valence electrons. The molecule has 1 aliphatic heterocycles. The minimum atomic E-state index is -4.64. The summed E-state index contributed by atoms with van der Waals surface area (Å²) in [6.45, 7) is 5.71. The van der Waals surface area contributed by atoms with Gasteiger partial charge in [0.2, 0.25) is 11.9 Å². The average Bonchev–Trinajstić information content (AvgIpc) is 3.41. The Hall–Kier alpha value is -2.56. The van der Waals surface area contributed by atoms with Crippen LogP contribution in [0.3, 0.4) is 0 Å². The van der Waals surface area contributed by atoms with E-state index in [2.05, 4.69) is 26.0 Å². The number of aromatic nitrogens is 2. The summed E-state index contributed by atoms with van der Waals surface area (Å²) in [4.78, 5) is 16.6. The molecule has 3 rings (SSSR count). The Morgan fingerprint density at radius 2 is 2.00 bits per heavy atom. The smallest absolute Gasteiger partial charge is 0.354 e. The molecule has 11 heteroatoms. The van der Waals surface area contributed by atoms with Crippen molar-refractivity contribution in [3.8, 4) is 0 Å². The highest BCUT2D eigenvalue weighted by molar-refractivity contribution is 5.95. The van der Waals surface area contributed by atoms with E-state index in [4.69, 9.17) is 0 Å². The van der Waals surface area contributed by atoms with Crippen molar-refractivity contribution in [3.63, 3.8) is 0 Å². The topological polar surface area (TPSA) is 86.6 Å².